The maximum absolute atomic E-state index is 13.1. The maximum atomic E-state index is 13.1. The molecule has 8 aromatic heterocycles. The molecule has 0 saturated heterocycles. The number of imidazole rings is 2. The fourth-order valence-corrected chi connectivity index (χ4v) is 8.38. The largest absolute Gasteiger partial charge is 0.481 e. The van der Waals surface area contributed by atoms with Gasteiger partial charge in [-0.25, -0.2) is 54.3 Å². The van der Waals surface area contributed by atoms with Crippen LogP contribution in [0, 0.1) is 19.8 Å². The average molecular weight is 1390 g/mol. The van der Waals surface area contributed by atoms with Crippen molar-refractivity contribution in [1.82, 2.24) is 79.3 Å². The van der Waals surface area contributed by atoms with E-state index in [9.17, 15) is 43.5 Å². The van der Waals surface area contributed by atoms with E-state index < -0.39 is 41.4 Å². The van der Waals surface area contributed by atoms with Gasteiger partial charge in [0.15, 0.2) is 34.5 Å². The van der Waals surface area contributed by atoms with E-state index in [2.05, 4.69) is 55.8 Å². The number of alkyl carbamates (subject to hydrolysis) is 2. The van der Waals surface area contributed by atoms with E-state index in [0.29, 0.717) is 34.6 Å². The first-order valence-electron chi connectivity index (χ1n) is 31.5. The lowest BCUT2D eigenvalue weighted by atomic mass is 9.98. The van der Waals surface area contributed by atoms with E-state index in [-0.39, 0.29) is 108 Å². The first-order valence-corrected chi connectivity index (χ1v) is 31.5. The average Bonchev–Trinajstić information content (AvgIpc) is 1.43. The molecule has 8 aromatic rings. The highest BCUT2D eigenvalue weighted by Gasteiger charge is 2.27. The Balaban J connectivity index is 0.000000344. The summed E-state index contributed by atoms with van der Waals surface area (Å²) in [6, 6.07) is 6.60. The molecule has 0 aliphatic rings. The number of carboxylic acid groups (broad SMARTS) is 2. The third kappa shape index (κ3) is 27.5. The van der Waals surface area contributed by atoms with E-state index in [4.69, 9.17) is 40.6 Å². The van der Waals surface area contributed by atoms with Gasteiger partial charge in [0.2, 0.25) is 29.5 Å². The summed E-state index contributed by atoms with van der Waals surface area (Å²) in [6.07, 6.45) is 12.9. The number of amides is 5. The Hall–Kier alpha value is -11.0. The van der Waals surface area contributed by atoms with Crippen molar-refractivity contribution in [3.63, 3.8) is 0 Å². The number of aryl methyl sites for hydroxylation is 2. The second-order valence-corrected chi connectivity index (χ2v) is 25.8. The summed E-state index contributed by atoms with van der Waals surface area (Å²) in [5.41, 5.74) is 22.0. The summed E-state index contributed by atoms with van der Waals surface area (Å²) in [5, 5.41) is 25.5. The topological polar surface area (TPSA) is 458 Å². The second kappa shape index (κ2) is 38.3. The zero-order chi connectivity index (χ0) is 75.7. The van der Waals surface area contributed by atoms with Gasteiger partial charge in [-0.2, -0.15) is 0 Å². The highest BCUT2D eigenvalue weighted by molar-refractivity contribution is 6.00. The fourth-order valence-electron chi connectivity index (χ4n) is 8.38. The van der Waals surface area contributed by atoms with Gasteiger partial charge in [0, 0.05) is 133 Å². The van der Waals surface area contributed by atoms with Gasteiger partial charge in [-0.3, -0.25) is 24.0 Å². The number of aliphatic carboxylic acids is 1. The van der Waals surface area contributed by atoms with Crippen molar-refractivity contribution in [1.29, 1.82) is 0 Å². The number of carbonyl (C=O) groups is 8. The smallest absolute Gasteiger partial charge is 0.407 e. The monoisotopic (exact) mass is 1390 g/mol. The van der Waals surface area contributed by atoms with E-state index in [1.54, 1.807) is 133 Å². The number of oxazole rings is 2. The molecule has 0 spiro atoms. The number of hydrogen-bond donors (Lipinski definition) is 8. The van der Waals surface area contributed by atoms with Crippen LogP contribution in [0.1, 0.15) is 134 Å². The quantitative estimate of drug-likeness (QED) is 0.0386. The van der Waals surface area contributed by atoms with Crippen molar-refractivity contribution >= 4 is 70.6 Å². The van der Waals surface area contributed by atoms with Crippen LogP contribution in [-0.2, 0) is 28.7 Å². The Morgan fingerprint density at radius 1 is 0.550 bits per heavy atom. The number of pyridine rings is 2. The molecule has 4 atom stereocenters. The van der Waals surface area contributed by atoms with Gasteiger partial charge >= 0.3 is 24.1 Å². The molecule has 0 bridgehead atoms. The molecule has 100 heavy (non-hydrogen) atoms. The molecule has 33 nitrogen and oxygen atoms in total. The minimum Gasteiger partial charge on any atom is -0.481 e. The van der Waals surface area contributed by atoms with Crippen molar-refractivity contribution in [3.05, 3.63) is 96.7 Å². The summed E-state index contributed by atoms with van der Waals surface area (Å²) < 4.78 is 24.6. The molecule has 11 N–H and O–H groups in total. The van der Waals surface area contributed by atoms with Gasteiger partial charge in [-0.15, -0.1) is 0 Å². The lowest BCUT2D eigenvalue weighted by Gasteiger charge is -2.22. The number of nitrogens with one attached hydrogen (secondary N) is 3. The van der Waals surface area contributed by atoms with E-state index in [1.165, 1.54) is 34.7 Å². The van der Waals surface area contributed by atoms with Crippen LogP contribution >= 0.6 is 0 Å². The van der Waals surface area contributed by atoms with Gasteiger partial charge in [-0.1, -0.05) is 6.92 Å². The Kier molecular flexibility index (Phi) is 31.9. The minimum absolute atomic E-state index is 0.0111. The number of aromatic nitrogens is 10. The summed E-state index contributed by atoms with van der Waals surface area (Å²) in [5.74, 6) is -2.41. The molecular formula is C67H97N19O14. The van der Waals surface area contributed by atoms with Crippen LogP contribution in [0.15, 0.2) is 82.8 Å². The maximum Gasteiger partial charge on any atom is 0.407 e. The third-order valence-electron chi connectivity index (χ3n) is 13.0. The molecule has 0 unspecified atom stereocenters. The van der Waals surface area contributed by atoms with Crippen LogP contribution in [0.5, 0.6) is 0 Å². The lowest BCUT2D eigenvalue weighted by Crippen LogP contribution is -2.40. The zero-order valence-corrected chi connectivity index (χ0v) is 60.6. The number of rotatable bonds is 18. The fraction of sp³-hybridized carbons (Fsp3) is 0.463. The number of fused-ring (bicyclic) bond motifs is 2. The van der Waals surface area contributed by atoms with Crippen LogP contribution in [0.2, 0.25) is 0 Å². The van der Waals surface area contributed by atoms with Crippen LogP contribution in [0.3, 0.4) is 0 Å². The second-order valence-electron chi connectivity index (χ2n) is 25.8. The summed E-state index contributed by atoms with van der Waals surface area (Å²) in [6.45, 7) is 21.5. The Morgan fingerprint density at radius 3 is 1.28 bits per heavy atom. The van der Waals surface area contributed by atoms with Gasteiger partial charge in [0.25, 0.3) is 0 Å². The Bertz CT molecular complexity index is 4020. The molecule has 33 heteroatoms. The number of nitrogens with zero attached hydrogens (tertiary/aromatic N) is 13. The Morgan fingerprint density at radius 2 is 0.930 bits per heavy atom. The van der Waals surface area contributed by atoms with Crippen LogP contribution < -0.4 is 33.2 Å². The van der Waals surface area contributed by atoms with E-state index >= 15 is 0 Å². The number of nitrogen functional groups attached to an aromatic ring is 2. The SMILES string of the molecule is CNC.C[C@@H](CC(=O)N(C)C)NC(=O)OC(C)(C)C.C[C@@H](CC(=O)O)NC(=O)OC(C)(C)C.C[C@H](N)CC(=O)N(C)C.Cc1cnc2ccc(-c3nc(C(=O)C[C@@H](C)CC(=O)N(C)C)c(N)nc3-c3ncco3)cn12.Cc1cnc2ccc(-c3nc(C(=O)O)c(N)nc3-c3ncco3)cn12. The Labute approximate surface area is 581 Å². The number of ether oxygens (including phenoxy) is 2. The van der Waals surface area contributed by atoms with Crippen molar-refractivity contribution in [2.24, 2.45) is 11.7 Å². The number of ketones is 1. The molecule has 0 saturated carbocycles. The number of Topliss-reactive ketones (excluding diaryl/α,β-unsaturated/α-hetero) is 1. The number of carboxylic acids is 2. The summed E-state index contributed by atoms with van der Waals surface area (Å²) in [7, 11) is 13.9. The van der Waals surface area contributed by atoms with Crippen molar-refractivity contribution in [2.75, 3.05) is 67.8 Å². The third-order valence-corrected chi connectivity index (χ3v) is 13.0. The normalized spacial score (nSPS) is 12.0. The molecule has 0 radical (unpaired) electrons. The van der Waals surface area contributed by atoms with Crippen molar-refractivity contribution in [2.45, 2.75) is 145 Å². The predicted molar refractivity (Wildman–Crippen MR) is 375 cm³/mol. The minimum atomic E-state index is -1.26. The first kappa shape index (κ1) is 83.3. The number of aromatic carboxylic acids is 1. The molecule has 5 amide bonds. The van der Waals surface area contributed by atoms with Crippen LogP contribution in [0.4, 0.5) is 21.2 Å². The molecular weight excluding hydrogens is 1290 g/mol. The van der Waals surface area contributed by atoms with Gasteiger partial charge in [0.1, 0.15) is 52.1 Å². The van der Waals surface area contributed by atoms with Gasteiger partial charge in [0.05, 0.1) is 18.8 Å². The zero-order valence-electron chi connectivity index (χ0n) is 60.6. The molecule has 8 rings (SSSR count). The standard InChI is InChI=1S/C23H25N7O3.C16H12N6O3.C11H22N2O3.C9H17NO4.C6H14N2O.C2H7N/c1-13(10-18(32)29(3)4)9-16(31)20-22(24)28-21(23-25-7-8-33-23)19(27-20)15-5-6-17-26-11-14(2)30(17)12-15;1-8-6-19-10-3-2-9(7-22(8)10)11-12(15-18-4-5-25-15)21-14(17)13(20-11)16(23)24;1-8(7-9(14)13(5)6)12-10(15)16-11(2,3)4;1-6(5-7(11)12)10-8(13)14-9(2,3)4;1-5(7)4-6(9)8(2)3;1-3-2/h5-8,11-13H,9-10H2,1-4H3,(H2,24,28);2-7H,1H3,(H2,17,21)(H,23,24);8H,7H2,1-6H3,(H,12,15);6H,5H2,1-4H3,(H,10,13)(H,11,12);5H,4,7H2,1-3H3;3H,1-2H3/t13-;;8-;6-;5-;/m1.000./s1. The van der Waals surface area contributed by atoms with E-state index in [1.807, 2.05) is 68.9 Å². The summed E-state index contributed by atoms with van der Waals surface area (Å²) >= 11 is 0. The number of anilines is 2. The number of hydrogen-bond acceptors (Lipinski definition) is 24. The molecule has 0 fully saturated rings. The molecule has 8 heterocycles. The van der Waals surface area contributed by atoms with Gasteiger partial charge < -0.3 is 85.2 Å². The highest BCUT2D eigenvalue weighted by Crippen LogP contribution is 2.33. The molecule has 0 aromatic carbocycles. The predicted octanol–water partition coefficient (Wildman–Crippen LogP) is 7.46. The number of carbonyl (C=O) groups excluding carboxylic acids is 6. The van der Waals surface area contributed by atoms with Crippen molar-refractivity contribution in [3.8, 4) is 45.7 Å². The summed E-state index contributed by atoms with van der Waals surface area (Å²) in [4.78, 5) is 130. The van der Waals surface area contributed by atoms with Crippen LogP contribution in [-0.4, -0.2) is 207 Å². The molecule has 544 valence electrons. The lowest BCUT2D eigenvalue weighted by molar-refractivity contribution is -0.137. The highest BCUT2D eigenvalue weighted by atomic mass is 16.6. The van der Waals surface area contributed by atoms with Crippen LogP contribution in [0.25, 0.3) is 57.0 Å². The van der Waals surface area contributed by atoms with Crippen molar-refractivity contribution < 1.29 is 66.9 Å². The van der Waals surface area contributed by atoms with Gasteiger partial charge in [-0.05, 0) is 120 Å². The first-order chi connectivity index (χ1) is 46.6. The van der Waals surface area contributed by atoms with E-state index in [0.717, 1.165) is 22.7 Å². The molecule has 0 aliphatic heterocycles. The molecule has 0 aliphatic carbocycles. The number of nitrogens with two attached hydrogens (primary N) is 3.